The van der Waals surface area contributed by atoms with Crippen molar-refractivity contribution in [3.63, 3.8) is 0 Å². The SMILES string of the molecule is O=c1c(CCc2ccc(F)cc2)c(C2CC2)[nH]n1-c1cc(C(F)(F)F)[nH]n1. The molecule has 9 heteroatoms. The number of hydrogen-bond donors (Lipinski definition) is 2. The first kappa shape index (κ1) is 17.6. The number of aromatic amines is 2. The van der Waals surface area contributed by atoms with Crippen LogP contribution in [0.15, 0.2) is 35.1 Å². The van der Waals surface area contributed by atoms with Crippen molar-refractivity contribution in [1.82, 2.24) is 20.0 Å². The molecule has 0 amide bonds. The molecule has 2 N–H and O–H groups in total. The second-order valence-electron chi connectivity index (χ2n) is 6.68. The molecule has 142 valence electrons. The topological polar surface area (TPSA) is 66.5 Å². The third-order valence-electron chi connectivity index (χ3n) is 4.68. The van der Waals surface area contributed by atoms with E-state index < -0.39 is 17.4 Å². The smallest absolute Gasteiger partial charge is 0.293 e. The highest BCUT2D eigenvalue weighted by Gasteiger charge is 2.34. The van der Waals surface area contributed by atoms with Crippen LogP contribution >= 0.6 is 0 Å². The number of hydrogen-bond acceptors (Lipinski definition) is 2. The van der Waals surface area contributed by atoms with Crippen molar-refractivity contribution in [2.75, 3.05) is 0 Å². The van der Waals surface area contributed by atoms with Crippen molar-refractivity contribution in [2.45, 2.75) is 37.8 Å². The number of aromatic nitrogens is 4. The summed E-state index contributed by atoms with van der Waals surface area (Å²) in [6, 6.07) is 6.82. The van der Waals surface area contributed by atoms with Crippen LogP contribution in [-0.2, 0) is 19.0 Å². The molecule has 0 aliphatic heterocycles. The van der Waals surface area contributed by atoms with E-state index in [2.05, 4.69) is 10.2 Å². The van der Waals surface area contributed by atoms with Gasteiger partial charge in [-0.1, -0.05) is 12.1 Å². The summed E-state index contributed by atoms with van der Waals surface area (Å²) in [5.41, 5.74) is 0.751. The van der Waals surface area contributed by atoms with E-state index >= 15 is 0 Å². The van der Waals surface area contributed by atoms with Crippen LogP contribution in [0.4, 0.5) is 17.6 Å². The Labute approximate surface area is 151 Å². The van der Waals surface area contributed by atoms with Crippen LogP contribution in [-0.4, -0.2) is 20.0 Å². The minimum atomic E-state index is -4.56. The first-order valence-electron chi connectivity index (χ1n) is 8.54. The van der Waals surface area contributed by atoms with Crippen molar-refractivity contribution in [3.8, 4) is 5.82 Å². The van der Waals surface area contributed by atoms with Crippen molar-refractivity contribution >= 4 is 0 Å². The Bertz CT molecular complexity index is 1010. The molecule has 1 saturated carbocycles. The van der Waals surface area contributed by atoms with E-state index in [9.17, 15) is 22.4 Å². The maximum atomic E-state index is 13.0. The van der Waals surface area contributed by atoms with E-state index in [1.165, 1.54) is 12.1 Å². The number of rotatable bonds is 5. The van der Waals surface area contributed by atoms with Crippen molar-refractivity contribution in [1.29, 1.82) is 0 Å². The van der Waals surface area contributed by atoms with Gasteiger partial charge in [0.1, 0.15) is 11.5 Å². The maximum absolute atomic E-state index is 13.0. The molecular weight excluding hydrogens is 364 g/mol. The molecule has 1 aliphatic carbocycles. The van der Waals surface area contributed by atoms with Gasteiger partial charge in [-0.05, 0) is 43.4 Å². The summed E-state index contributed by atoms with van der Waals surface area (Å²) >= 11 is 0. The lowest BCUT2D eigenvalue weighted by Crippen LogP contribution is -2.18. The van der Waals surface area contributed by atoms with E-state index in [-0.39, 0.29) is 17.6 Å². The molecule has 1 aliphatic rings. The van der Waals surface area contributed by atoms with Crippen molar-refractivity contribution in [3.05, 3.63) is 69.0 Å². The fourth-order valence-corrected chi connectivity index (χ4v) is 3.09. The Morgan fingerprint density at radius 1 is 1.15 bits per heavy atom. The van der Waals surface area contributed by atoms with Crippen LogP contribution < -0.4 is 5.56 Å². The zero-order chi connectivity index (χ0) is 19.2. The molecule has 4 rings (SSSR count). The van der Waals surface area contributed by atoms with Gasteiger partial charge in [-0.25, -0.2) is 4.39 Å². The number of alkyl halides is 3. The van der Waals surface area contributed by atoms with Gasteiger partial charge in [-0.15, -0.1) is 0 Å². The van der Waals surface area contributed by atoms with E-state index in [4.69, 9.17) is 0 Å². The lowest BCUT2D eigenvalue weighted by atomic mass is 10.0. The van der Waals surface area contributed by atoms with Crippen LogP contribution in [0.25, 0.3) is 5.82 Å². The van der Waals surface area contributed by atoms with Gasteiger partial charge in [0.2, 0.25) is 0 Å². The quantitative estimate of drug-likeness (QED) is 0.663. The lowest BCUT2D eigenvalue weighted by Gasteiger charge is -2.01. The average molecular weight is 380 g/mol. The second kappa shape index (κ2) is 6.40. The molecule has 3 aromatic rings. The lowest BCUT2D eigenvalue weighted by molar-refractivity contribution is -0.141. The highest BCUT2D eigenvalue weighted by Crippen LogP contribution is 2.40. The van der Waals surface area contributed by atoms with Gasteiger partial charge < -0.3 is 0 Å². The molecule has 27 heavy (non-hydrogen) atoms. The maximum Gasteiger partial charge on any atom is 0.432 e. The number of H-pyrrole nitrogens is 2. The predicted octanol–water partition coefficient (Wildman–Crippen LogP) is 3.71. The number of halogens is 4. The Hall–Kier alpha value is -2.84. The summed E-state index contributed by atoms with van der Waals surface area (Å²) in [4.78, 5) is 12.8. The molecule has 0 spiro atoms. The zero-order valence-corrected chi connectivity index (χ0v) is 14.1. The molecule has 5 nitrogen and oxygen atoms in total. The van der Waals surface area contributed by atoms with Gasteiger partial charge in [0.25, 0.3) is 5.56 Å². The van der Waals surface area contributed by atoms with Gasteiger partial charge >= 0.3 is 6.18 Å². The Morgan fingerprint density at radius 2 is 1.85 bits per heavy atom. The van der Waals surface area contributed by atoms with Crippen LogP contribution in [0.3, 0.4) is 0 Å². The fourth-order valence-electron chi connectivity index (χ4n) is 3.09. The number of nitrogens with one attached hydrogen (secondary N) is 2. The van der Waals surface area contributed by atoms with Crippen LogP contribution in [0, 0.1) is 5.82 Å². The summed E-state index contributed by atoms with van der Waals surface area (Å²) in [7, 11) is 0. The standard InChI is InChI=1S/C18H16F4N4O/c19-12-6-1-10(2-7-12)3-8-13-16(11-4-5-11)25-26(17(13)27)15-9-14(23-24-15)18(20,21)22/h1-2,6-7,9,11,25H,3-5,8H2,(H,23,24). The third-order valence-corrected chi connectivity index (χ3v) is 4.68. The first-order valence-corrected chi connectivity index (χ1v) is 8.54. The van der Waals surface area contributed by atoms with Crippen LogP contribution in [0.2, 0.25) is 0 Å². The summed E-state index contributed by atoms with van der Waals surface area (Å²) < 4.78 is 52.4. The van der Waals surface area contributed by atoms with Crippen LogP contribution in [0.5, 0.6) is 0 Å². The van der Waals surface area contributed by atoms with Crippen LogP contribution in [0.1, 0.15) is 41.3 Å². The minimum Gasteiger partial charge on any atom is -0.293 e. The van der Waals surface area contributed by atoms with Gasteiger partial charge in [-0.3, -0.25) is 15.0 Å². The average Bonchev–Trinajstić information content (AvgIpc) is 3.23. The molecule has 0 saturated heterocycles. The largest absolute Gasteiger partial charge is 0.432 e. The van der Waals surface area contributed by atoms with Gasteiger partial charge in [0.05, 0.1) is 0 Å². The minimum absolute atomic E-state index is 0.123. The second-order valence-corrected chi connectivity index (χ2v) is 6.68. The monoisotopic (exact) mass is 380 g/mol. The number of nitrogens with zero attached hydrogens (tertiary/aromatic N) is 2. The fraction of sp³-hybridized carbons (Fsp3) is 0.333. The summed E-state index contributed by atoms with van der Waals surface area (Å²) in [6.45, 7) is 0. The molecule has 0 radical (unpaired) electrons. The van der Waals surface area contributed by atoms with E-state index in [0.29, 0.717) is 18.4 Å². The summed E-state index contributed by atoms with van der Waals surface area (Å²) in [6.07, 6.45) is -1.76. The summed E-state index contributed by atoms with van der Waals surface area (Å²) in [5.74, 6) is -0.245. The Kier molecular flexibility index (Phi) is 4.16. The molecule has 1 fully saturated rings. The highest BCUT2D eigenvalue weighted by atomic mass is 19.4. The van der Waals surface area contributed by atoms with E-state index in [1.54, 1.807) is 12.1 Å². The van der Waals surface area contributed by atoms with Gasteiger partial charge in [0, 0.05) is 23.2 Å². The van der Waals surface area contributed by atoms with Crippen molar-refractivity contribution < 1.29 is 17.6 Å². The van der Waals surface area contributed by atoms with E-state index in [1.807, 2.05) is 5.10 Å². The predicted molar refractivity (Wildman–Crippen MR) is 89.3 cm³/mol. The van der Waals surface area contributed by atoms with Gasteiger partial charge in [0.15, 0.2) is 5.82 Å². The van der Waals surface area contributed by atoms with E-state index in [0.717, 1.165) is 34.8 Å². The normalized spacial score (nSPS) is 14.7. The Morgan fingerprint density at radius 3 is 2.44 bits per heavy atom. The molecule has 2 heterocycles. The van der Waals surface area contributed by atoms with Crippen molar-refractivity contribution in [2.24, 2.45) is 0 Å². The molecule has 0 unspecified atom stereocenters. The summed E-state index contributed by atoms with van der Waals surface area (Å²) in [5, 5.41) is 8.47. The molecule has 1 aromatic carbocycles. The molecule has 2 aromatic heterocycles. The van der Waals surface area contributed by atoms with Gasteiger partial charge in [-0.2, -0.15) is 23.0 Å². The highest BCUT2D eigenvalue weighted by molar-refractivity contribution is 5.32. The Balaban J connectivity index is 1.65. The molecule has 0 atom stereocenters. The zero-order valence-electron chi connectivity index (χ0n) is 14.1. The molecular formula is C18H16F4N4O. The molecule has 0 bridgehead atoms. The number of benzene rings is 1. The number of aryl methyl sites for hydroxylation is 1. The third kappa shape index (κ3) is 3.54. The first-order chi connectivity index (χ1) is 12.8.